The molecule has 0 heterocycles. The molecule has 0 spiro atoms. The third-order valence-electron chi connectivity index (χ3n) is 3.62. The number of ether oxygens (including phenoxy) is 1. The first-order valence-corrected chi connectivity index (χ1v) is 7.33. The summed E-state index contributed by atoms with van der Waals surface area (Å²) in [4.78, 5) is 12.2. The highest BCUT2D eigenvalue weighted by Crippen LogP contribution is 2.29. The summed E-state index contributed by atoms with van der Waals surface area (Å²) < 4.78 is 5.66. The van der Waals surface area contributed by atoms with Gasteiger partial charge in [-0.3, -0.25) is 4.79 Å². The molecule has 1 saturated carbocycles. The number of nitrogens with one attached hydrogen (secondary N) is 1. The van der Waals surface area contributed by atoms with Crippen LogP contribution >= 0.6 is 0 Å². The summed E-state index contributed by atoms with van der Waals surface area (Å²) >= 11 is 0. The minimum Gasteiger partial charge on any atom is -0.493 e. The van der Waals surface area contributed by atoms with Crippen LogP contribution in [0.4, 0.5) is 5.69 Å². The Kier molecular flexibility index (Phi) is 4.65. The molecule has 0 aliphatic heterocycles. The molecule has 1 amide bonds. The minimum atomic E-state index is -0.700. The molecule has 1 aromatic carbocycles. The third kappa shape index (κ3) is 3.73. The molecule has 0 unspecified atom stereocenters. The Morgan fingerprint density at radius 3 is 2.75 bits per heavy atom. The van der Waals surface area contributed by atoms with Crippen molar-refractivity contribution in [1.29, 1.82) is 0 Å². The Bertz CT molecular complexity index is 465. The molecular weight excluding hydrogens is 252 g/mol. The van der Waals surface area contributed by atoms with Gasteiger partial charge in [-0.05, 0) is 30.9 Å². The molecule has 0 saturated heterocycles. The van der Waals surface area contributed by atoms with Crippen LogP contribution in [0.25, 0.3) is 0 Å². The standard InChI is InChI=1S/C16H24N2O2/c1-12(2)11-20-14-7-5-6-13(10-14)18-15(19)16(17)8-3-4-9-16/h5-7,10,12H,3-4,8-9,11,17H2,1-2H3,(H,18,19). The van der Waals surface area contributed by atoms with Gasteiger partial charge in [0, 0.05) is 11.8 Å². The van der Waals surface area contributed by atoms with Crippen molar-refractivity contribution in [3.8, 4) is 5.75 Å². The van der Waals surface area contributed by atoms with Crippen molar-refractivity contribution in [3.63, 3.8) is 0 Å². The van der Waals surface area contributed by atoms with E-state index in [1.165, 1.54) is 0 Å². The van der Waals surface area contributed by atoms with E-state index in [0.29, 0.717) is 12.5 Å². The van der Waals surface area contributed by atoms with E-state index in [4.69, 9.17) is 10.5 Å². The van der Waals surface area contributed by atoms with Gasteiger partial charge < -0.3 is 15.8 Å². The summed E-state index contributed by atoms with van der Waals surface area (Å²) in [5, 5.41) is 2.91. The van der Waals surface area contributed by atoms with Gasteiger partial charge in [0.15, 0.2) is 0 Å². The zero-order valence-electron chi connectivity index (χ0n) is 12.3. The molecule has 1 fully saturated rings. The number of amides is 1. The van der Waals surface area contributed by atoms with E-state index < -0.39 is 5.54 Å². The van der Waals surface area contributed by atoms with Crippen molar-refractivity contribution in [2.45, 2.75) is 45.1 Å². The fourth-order valence-electron chi connectivity index (χ4n) is 2.42. The van der Waals surface area contributed by atoms with Crippen molar-refractivity contribution in [1.82, 2.24) is 0 Å². The Morgan fingerprint density at radius 2 is 2.10 bits per heavy atom. The molecule has 110 valence electrons. The minimum absolute atomic E-state index is 0.0870. The lowest BCUT2D eigenvalue weighted by atomic mass is 9.98. The molecule has 4 nitrogen and oxygen atoms in total. The average molecular weight is 276 g/mol. The second-order valence-corrected chi connectivity index (χ2v) is 6.05. The maximum absolute atomic E-state index is 12.2. The lowest BCUT2D eigenvalue weighted by molar-refractivity contribution is -0.121. The van der Waals surface area contributed by atoms with Crippen LogP contribution in [0, 0.1) is 5.92 Å². The topological polar surface area (TPSA) is 64.3 Å². The Hall–Kier alpha value is -1.55. The number of anilines is 1. The van der Waals surface area contributed by atoms with E-state index in [1.807, 2.05) is 24.3 Å². The number of carbonyl (C=O) groups is 1. The summed E-state index contributed by atoms with van der Waals surface area (Å²) in [6, 6.07) is 7.48. The summed E-state index contributed by atoms with van der Waals surface area (Å²) in [5.74, 6) is 1.16. The van der Waals surface area contributed by atoms with E-state index >= 15 is 0 Å². The highest BCUT2D eigenvalue weighted by molar-refractivity contribution is 5.98. The van der Waals surface area contributed by atoms with Gasteiger partial charge in [-0.15, -0.1) is 0 Å². The first-order valence-electron chi connectivity index (χ1n) is 7.33. The number of hydrogen-bond donors (Lipinski definition) is 2. The van der Waals surface area contributed by atoms with E-state index in [2.05, 4.69) is 19.2 Å². The van der Waals surface area contributed by atoms with E-state index in [-0.39, 0.29) is 5.91 Å². The van der Waals surface area contributed by atoms with Crippen molar-refractivity contribution in [3.05, 3.63) is 24.3 Å². The molecule has 2 rings (SSSR count). The number of carbonyl (C=O) groups excluding carboxylic acids is 1. The summed E-state index contributed by atoms with van der Waals surface area (Å²) in [6.45, 7) is 4.87. The zero-order chi connectivity index (χ0) is 14.6. The van der Waals surface area contributed by atoms with Crippen molar-refractivity contribution >= 4 is 11.6 Å². The van der Waals surface area contributed by atoms with Crippen LogP contribution in [-0.2, 0) is 4.79 Å². The van der Waals surface area contributed by atoms with Crippen LogP contribution in [0.3, 0.4) is 0 Å². The van der Waals surface area contributed by atoms with Crippen LogP contribution in [-0.4, -0.2) is 18.1 Å². The monoisotopic (exact) mass is 276 g/mol. The molecule has 1 aliphatic carbocycles. The maximum atomic E-state index is 12.2. The molecular formula is C16H24N2O2. The summed E-state index contributed by atoms with van der Waals surface area (Å²) in [6.07, 6.45) is 3.59. The predicted molar refractivity (Wildman–Crippen MR) is 80.8 cm³/mol. The SMILES string of the molecule is CC(C)COc1cccc(NC(=O)C2(N)CCCC2)c1. The molecule has 0 aromatic heterocycles. The van der Waals surface area contributed by atoms with Gasteiger partial charge in [0.25, 0.3) is 0 Å². The Morgan fingerprint density at radius 1 is 1.40 bits per heavy atom. The Balaban J connectivity index is 1.98. The molecule has 20 heavy (non-hydrogen) atoms. The molecule has 0 radical (unpaired) electrons. The molecule has 0 atom stereocenters. The van der Waals surface area contributed by atoms with Crippen molar-refractivity contribution in [2.75, 3.05) is 11.9 Å². The quantitative estimate of drug-likeness (QED) is 0.869. The molecule has 4 heteroatoms. The van der Waals surface area contributed by atoms with Crippen LogP contribution < -0.4 is 15.8 Å². The normalized spacial score (nSPS) is 17.2. The molecule has 1 aliphatic rings. The smallest absolute Gasteiger partial charge is 0.244 e. The number of benzene rings is 1. The summed E-state index contributed by atoms with van der Waals surface area (Å²) in [5.41, 5.74) is 6.19. The van der Waals surface area contributed by atoms with Gasteiger partial charge >= 0.3 is 0 Å². The van der Waals surface area contributed by atoms with Gasteiger partial charge in [-0.2, -0.15) is 0 Å². The number of hydrogen-bond acceptors (Lipinski definition) is 3. The first-order chi connectivity index (χ1) is 9.49. The van der Waals surface area contributed by atoms with Gasteiger partial charge in [-0.1, -0.05) is 32.8 Å². The second-order valence-electron chi connectivity index (χ2n) is 6.05. The van der Waals surface area contributed by atoms with Gasteiger partial charge in [0.2, 0.25) is 5.91 Å². The first kappa shape index (κ1) is 14.9. The van der Waals surface area contributed by atoms with Crippen LogP contribution in [0.1, 0.15) is 39.5 Å². The molecule has 3 N–H and O–H groups in total. The van der Waals surface area contributed by atoms with E-state index in [0.717, 1.165) is 37.1 Å². The zero-order valence-corrected chi connectivity index (χ0v) is 12.3. The Labute approximate surface area is 120 Å². The molecule has 1 aromatic rings. The highest BCUT2D eigenvalue weighted by Gasteiger charge is 2.36. The largest absolute Gasteiger partial charge is 0.493 e. The number of rotatable bonds is 5. The van der Waals surface area contributed by atoms with Gasteiger partial charge in [0.1, 0.15) is 5.75 Å². The second kappa shape index (κ2) is 6.27. The van der Waals surface area contributed by atoms with Crippen molar-refractivity contribution < 1.29 is 9.53 Å². The predicted octanol–water partition coefficient (Wildman–Crippen LogP) is 2.93. The molecule has 0 bridgehead atoms. The fourth-order valence-corrected chi connectivity index (χ4v) is 2.42. The van der Waals surface area contributed by atoms with E-state index in [1.54, 1.807) is 0 Å². The van der Waals surface area contributed by atoms with Crippen LogP contribution in [0.5, 0.6) is 5.75 Å². The lowest BCUT2D eigenvalue weighted by Gasteiger charge is -2.22. The van der Waals surface area contributed by atoms with E-state index in [9.17, 15) is 4.79 Å². The fraction of sp³-hybridized carbons (Fsp3) is 0.562. The number of nitrogens with two attached hydrogens (primary N) is 1. The van der Waals surface area contributed by atoms with Gasteiger partial charge in [0.05, 0.1) is 12.1 Å². The van der Waals surface area contributed by atoms with Gasteiger partial charge in [-0.25, -0.2) is 0 Å². The summed E-state index contributed by atoms with van der Waals surface area (Å²) in [7, 11) is 0. The van der Waals surface area contributed by atoms with Crippen LogP contribution in [0.2, 0.25) is 0 Å². The van der Waals surface area contributed by atoms with Crippen LogP contribution in [0.15, 0.2) is 24.3 Å². The lowest BCUT2D eigenvalue weighted by Crippen LogP contribution is -2.48. The maximum Gasteiger partial charge on any atom is 0.244 e. The van der Waals surface area contributed by atoms with Crippen molar-refractivity contribution in [2.24, 2.45) is 11.7 Å². The third-order valence-corrected chi connectivity index (χ3v) is 3.62. The highest BCUT2D eigenvalue weighted by atomic mass is 16.5. The average Bonchev–Trinajstić information content (AvgIpc) is 2.85.